The number of aliphatic hydroxyl groups is 1. The Balaban J connectivity index is 1.71. The number of Topliss-reactive ketones (excluding diaryl/α,β-unsaturated/α-hetero) is 1. The lowest BCUT2D eigenvalue weighted by atomic mass is 9.96. The van der Waals surface area contributed by atoms with Crippen LogP contribution in [0.5, 0.6) is 5.75 Å². The molecule has 1 aliphatic heterocycles. The lowest BCUT2D eigenvalue weighted by Gasteiger charge is -2.25. The van der Waals surface area contributed by atoms with Gasteiger partial charge in [0.15, 0.2) is 0 Å². The molecule has 1 unspecified atom stereocenters. The van der Waals surface area contributed by atoms with Gasteiger partial charge in [-0.1, -0.05) is 12.1 Å². The van der Waals surface area contributed by atoms with Crippen LogP contribution in [-0.4, -0.2) is 49.4 Å². The SMILES string of the molecule is CCOc1cccc(/C(O)=C2/C(=O)C(=O)N(CCCn3ccnc3)C2c2ccncc2)c1. The highest BCUT2D eigenvalue weighted by molar-refractivity contribution is 6.46. The Kier molecular flexibility index (Phi) is 6.30. The fourth-order valence-corrected chi connectivity index (χ4v) is 3.90. The molecule has 4 rings (SSSR count). The van der Waals surface area contributed by atoms with E-state index in [2.05, 4.69) is 9.97 Å². The number of imidazole rings is 1. The third-order valence-electron chi connectivity index (χ3n) is 5.35. The number of rotatable bonds is 8. The first-order valence-corrected chi connectivity index (χ1v) is 10.5. The molecule has 1 N–H and O–H groups in total. The first-order chi connectivity index (χ1) is 15.6. The van der Waals surface area contributed by atoms with Crippen molar-refractivity contribution in [1.82, 2.24) is 19.4 Å². The summed E-state index contributed by atoms with van der Waals surface area (Å²) in [5.74, 6) is -0.968. The molecule has 0 spiro atoms. The molecule has 0 bridgehead atoms. The lowest BCUT2D eigenvalue weighted by Crippen LogP contribution is -2.31. The molecule has 1 aliphatic rings. The van der Waals surface area contributed by atoms with Crippen LogP contribution in [0.15, 0.2) is 73.1 Å². The minimum atomic E-state index is -0.700. The number of aromatic nitrogens is 3. The van der Waals surface area contributed by atoms with E-state index in [4.69, 9.17) is 4.74 Å². The zero-order chi connectivity index (χ0) is 22.5. The molecule has 1 amide bonds. The number of ketones is 1. The van der Waals surface area contributed by atoms with E-state index < -0.39 is 17.7 Å². The van der Waals surface area contributed by atoms with Crippen molar-refractivity contribution in [3.05, 3.63) is 84.2 Å². The summed E-state index contributed by atoms with van der Waals surface area (Å²) < 4.78 is 7.43. The number of nitrogens with zero attached hydrogens (tertiary/aromatic N) is 4. The number of hydrogen-bond acceptors (Lipinski definition) is 6. The number of ether oxygens (including phenoxy) is 1. The molecule has 3 heterocycles. The minimum absolute atomic E-state index is 0.0671. The van der Waals surface area contributed by atoms with Gasteiger partial charge in [-0.25, -0.2) is 4.98 Å². The molecule has 0 radical (unpaired) electrons. The second-order valence-electron chi connectivity index (χ2n) is 7.39. The second kappa shape index (κ2) is 9.47. The maximum absolute atomic E-state index is 13.0. The van der Waals surface area contributed by atoms with Crippen LogP contribution in [0.2, 0.25) is 0 Å². The molecule has 164 valence electrons. The maximum atomic E-state index is 13.0. The van der Waals surface area contributed by atoms with Crippen molar-refractivity contribution in [2.45, 2.75) is 25.9 Å². The van der Waals surface area contributed by atoms with Crippen molar-refractivity contribution in [1.29, 1.82) is 0 Å². The Morgan fingerprint density at radius 3 is 2.62 bits per heavy atom. The highest BCUT2D eigenvalue weighted by atomic mass is 16.5. The summed E-state index contributed by atoms with van der Waals surface area (Å²) >= 11 is 0. The predicted molar refractivity (Wildman–Crippen MR) is 118 cm³/mol. The van der Waals surface area contributed by atoms with Crippen LogP contribution < -0.4 is 4.74 Å². The highest BCUT2D eigenvalue weighted by Crippen LogP contribution is 2.39. The Hall–Kier alpha value is -3.94. The standard InChI is InChI=1S/C24H24N4O4/c1-2-32-19-6-3-5-18(15-19)22(29)20-21(17-7-9-25-10-8-17)28(24(31)23(20)30)13-4-12-27-14-11-26-16-27/h3,5-11,14-16,21,29H,2,4,12-13H2,1H3/b22-20-. The van der Waals surface area contributed by atoms with E-state index in [9.17, 15) is 14.7 Å². The van der Waals surface area contributed by atoms with Crippen LogP contribution in [0.25, 0.3) is 5.76 Å². The number of aryl methyl sites for hydroxylation is 1. The number of carbonyl (C=O) groups excluding carboxylic acids is 2. The van der Waals surface area contributed by atoms with Crippen molar-refractivity contribution in [2.75, 3.05) is 13.2 Å². The Morgan fingerprint density at radius 1 is 1.09 bits per heavy atom. The summed E-state index contributed by atoms with van der Waals surface area (Å²) in [5, 5.41) is 11.1. The molecule has 1 fully saturated rings. The molecule has 8 heteroatoms. The van der Waals surface area contributed by atoms with E-state index in [0.29, 0.717) is 43.0 Å². The molecule has 1 aromatic carbocycles. The van der Waals surface area contributed by atoms with Crippen LogP contribution in [0.1, 0.15) is 30.5 Å². The normalized spacial score (nSPS) is 17.7. The van der Waals surface area contributed by atoms with Gasteiger partial charge in [-0.05, 0) is 43.2 Å². The molecule has 0 aliphatic carbocycles. The van der Waals surface area contributed by atoms with Gasteiger partial charge in [-0.15, -0.1) is 0 Å². The van der Waals surface area contributed by atoms with E-state index in [0.717, 1.165) is 0 Å². The predicted octanol–water partition coefficient (Wildman–Crippen LogP) is 3.19. The molecule has 0 saturated carbocycles. The average Bonchev–Trinajstić information content (AvgIpc) is 3.42. The monoisotopic (exact) mass is 432 g/mol. The Labute approximate surface area is 185 Å². The van der Waals surface area contributed by atoms with Crippen molar-refractivity contribution < 1.29 is 19.4 Å². The average molecular weight is 432 g/mol. The molecule has 32 heavy (non-hydrogen) atoms. The van der Waals surface area contributed by atoms with Gasteiger partial charge in [0.2, 0.25) is 0 Å². The Morgan fingerprint density at radius 2 is 1.91 bits per heavy atom. The molecule has 2 aromatic heterocycles. The van der Waals surface area contributed by atoms with Gasteiger partial charge in [0.05, 0.1) is 24.5 Å². The minimum Gasteiger partial charge on any atom is -0.507 e. The molecular weight excluding hydrogens is 408 g/mol. The quantitative estimate of drug-likeness (QED) is 0.334. The van der Waals surface area contributed by atoms with Gasteiger partial charge in [0.1, 0.15) is 11.5 Å². The summed E-state index contributed by atoms with van der Waals surface area (Å²) in [7, 11) is 0. The van der Waals surface area contributed by atoms with Crippen LogP contribution in [-0.2, 0) is 16.1 Å². The van der Waals surface area contributed by atoms with E-state index in [1.165, 1.54) is 4.90 Å². The summed E-state index contributed by atoms with van der Waals surface area (Å²) in [5.41, 5.74) is 1.20. The fraction of sp³-hybridized carbons (Fsp3) is 0.250. The van der Waals surface area contributed by atoms with E-state index in [-0.39, 0.29) is 11.3 Å². The van der Waals surface area contributed by atoms with Crippen molar-refractivity contribution in [3.63, 3.8) is 0 Å². The van der Waals surface area contributed by atoms with Gasteiger partial charge >= 0.3 is 0 Å². The summed E-state index contributed by atoms with van der Waals surface area (Å²) in [6.07, 6.45) is 9.09. The number of pyridine rings is 1. The second-order valence-corrected chi connectivity index (χ2v) is 7.39. The molecular formula is C24H24N4O4. The third-order valence-corrected chi connectivity index (χ3v) is 5.35. The van der Waals surface area contributed by atoms with Crippen molar-refractivity contribution in [3.8, 4) is 5.75 Å². The van der Waals surface area contributed by atoms with Gasteiger partial charge in [0, 0.05) is 43.4 Å². The van der Waals surface area contributed by atoms with Gasteiger partial charge < -0.3 is 19.3 Å². The topological polar surface area (TPSA) is 97.6 Å². The molecule has 1 atom stereocenters. The third kappa shape index (κ3) is 4.25. The van der Waals surface area contributed by atoms with Gasteiger partial charge in [-0.2, -0.15) is 0 Å². The van der Waals surface area contributed by atoms with Gasteiger partial charge in [0.25, 0.3) is 11.7 Å². The zero-order valence-corrected chi connectivity index (χ0v) is 17.7. The van der Waals surface area contributed by atoms with E-state index in [1.54, 1.807) is 61.3 Å². The summed E-state index contributed by atoms with van der Waals surface area (Å²) in [6, 6.07) is 9.67. The van der Waals surface area contributed by atoms with E-state index >= 15 is 0 Å². The lowest BCUT2D eigenvalue weighted by molar-refractivity contribution is -0.139. The molecule has 1 saturated heterocycles. The van der Waals surface area contributed by atoms with Crippen LogP contribution in [0, 0.1) is 0 Å². The van der Waals surface area contributed by atoms with Crippen molar-refractivity contribution in [2.24, 2.45) is 0 Å². The fourth-order valence-electron chi connectivity index (χ4n) is 3.90. The highest BCUT2D eigenvalue weighted by Gasteiger charge is 2.45. The van der Waals surface area contributed by atoms with Crippen LogP contribution in [0.3, 0.4) is 0 Å². The summed E-state index contributed by atoms with van der Waals surface area (Å²) in [4.78, 5) is 35.6. The molecule has 8 nitrogen and oxygen atoms in total. The van der Waals surface area contributed by atoms with Crippen LogP contribution in [0.4, 0.5) is 0 Å². The number of carbonyl (C=O) groups is 2. The smallest absolute Gasteiger partial charge is 0.295 e. The van der Waals surface area contributed by atoms with Crippen molar-refractivity contribution >= 4 is 17.4 Å². The maximum Gasteiger partial charge on any atom is 0.295 e. The van der Waals surface area contributed by atoms with E-state index in [1.807, 2.05) is 17.7 Å². The zero-order valence-electron chi connectivity index (χ0n) is 17.7. The number of benzene rings is 1. The first-order valence-electron chi connectivity index (χ1n) is 10.5. The number of hydrogen-bond donors (Lipinski definition) is 1. The van der Waals surface area contributed by atoms with Gasteiger partial charge in [-0.3, -0.25) is 14.6 Å². The number of amides is 1. The summed E-state index contributed by atoms with van der Waals surface area (Å²) in [6.45, 7) is 3.35. The Bertz CT molecular complexity index is 1130. The number of aliphatic hydroxyl groups excluding tert-OH is 1. The first kappa shape index (κ1) is 21.3. The van der Waals surface area contributed by atoms with Crippen LogP contribution >= 0.6 is 0 Å². The largest absolute Gasteiger partial charge is 0.507 e. The number of likely N-dealkylation sites (tertiary alicyclic amines) is 1. The molecule has 3 aromatic rings.